The lowest BCUT2D eigenvalue weighted by molar-refractivity contribution is 0.0696. The zero-order chi connectivity index (χ0) is 14.8. The van der Waals surface area contributed by atoms with Crippen LogP contribution in [0.25, 0.3) is 0 Å². The Balaban J connectivity index is 3.34. The Morgan fingerprint density at radius 1 is 1.26 bits per heavy atom. The van der Waals surface area contributed by atoms with Gasteiger partial charge in [0.05, 0.1) is 16.2 Å². The molecular weight excluding hydrogens is 264 g/mol. The summed E-state index contributed by atoms with van der Waals surface area (Å²) in [4.78, 5) is 11.2. The van der Waals surface area contributed by atoms with E-state index >= 15 is 0 Å². The zero-order valence-electron chi connectivity index (χ0n) is 11.7. The summed E-state index contributed by atoms with van der Waals surface area (Å²) < 4.78 is 24.6. The van der Waals surface area contributed by atoms with Crippen LogP contribution in [0.1, 0.15) is 41.8 Å². The largest absolute Gasteiger partial charge is 0.478 e. The Hall–Kier alpha value is -1.36. The van der Waals surface area contributed by atoms with Crippen molar-refractivity contribution in [2.75, 3.05) is 5.75 Å². The van der Waals surface area contributed by atoms with Gasteiger partial charge >= 0.3 is 5.97 Å². The highest BCUT2D eigenvalue weighted by atomic mass is 32.2. The Morgan fingerprint density at radius 2 is 1.84 bits per heavy atom. The van der Waals surface area contributed by atoms with Gasteiger partial charge in [0.15, 0.2) is 9.84 Å². The minimum absolute atomic E-state index is 0.0481. The van der Waals surface area contributed by atoms with Crippen LogP contribution in [-0.4, -0.2) is 25.2 Å². The predicted molar refractivity (Wildman–Crippen MR) is 74.4 cm³/mol. The van der Waals surface area contributed by atoms with E-state index in [-0.39, 0.29) is 22.1 Å². The molecule has 106 valence electrons. The highest BCUT2D eigenvalue weighted by molar-refractivity contribution is 7.91. The van der Waals surface area contributed by atoms with Gasteiger partial charge in [-0.3, -0.25) is 0 Å². The second-order valence-corrected chi connectivity index (χ2v) is 7.04. The maximum atomic E-state index is 12.3. The van der Waals surface area contributed by atoms with Crippen LogP contribution in [0.15, 0.2) is 17.0 Å². The standard InChI is InChI=1S/C14H20O4S/c1-5-9(2)8-19(17,18)13-7-12(14(15)16)10(3)6-11(13)4/h6-7,9H,5,8H2,1-4H3,(H,15,16). The van der Waals surface area contributed by atoms with E-state index in [9.17, 15) is 13.2 Å². The molecule has 0 radical (unpaired) electrons. The zero-order valence-corrected chi connectivity index (χ0v) is 12.5. The molecule has 4 nitrogen and oxygen atoms in total. The lowest BCUT2D eigenvalue weighted by Gasteiger charge is -2.13. The number of hydrogen-bond donors (Lipinski definition) is 1. The number of carbonyl (C=O) groups is 1. The van der Waals surface area contributed by atoms with Gasteiger partial charge in [-0.15, -0.1) is 0 Å². The topological polar surface area (TPSA) is 71.4 Å². The van der Waals surface area contributed by atoms with Crippen molar-refractivity contribution in [1.29, 1.82) is 0 Å². The first-order valence-corrected chi connectivity index (χ1v) is 7.91. The molecule has 0 aliphatic rings. The maximum absolute atomic E-state index is 12.3. The fraction of sp³-hybridized carbons (Fsp3) is 0.500. The Labute approximate surface area is 114 Å². The van der Waals surface area contributed by atoms with Gasteiger partial charge in [-0.1, -0.05) is 26.3 Å². The van der Waals surface area contributed by atoms with E-state index in [1.807, 2.05) is 13.8 Å². The van der Waals surface area contributed by atoms with E-state index in [1.165, 1.54) is 6.07 Å². The molecule has 0 amide bonds. The van der Waals surface area contributed by atoms with Gasteiger partial charge < -0.3 is 5.11 Å². The number of aromatic carboxylic acids is 1. The molecule has 1 unspecified atom stereocenters. The predicted octanol–water partition coefficient (Wildman–Crippen LogP) is 2.82. The summed E-state index contributed by atoms with van der Waals surface area (Å²) in [6, 6.07) is 2.90. The van der Waals surface area contributed by atoms with Gasteiger partial charge in [-0.2, -0.15) is 0 Å². The summed E-state index contributed by atoms with van der Waals surface area (Å²) in [5.41, 5.74) is 1.23. The van der Waals surface area contributed by atoms with Crippen LogP contribution in [0.4, 0.5) is 0 Å². The Morgan fingerprint density at radius 3 is 2.32 bits per heavy atom. The molecule has 5 heteroatoms. The van der Waals surface area contributed by atoms with Crippen LogP contribution in [-0.2, 0) is 9.84 Å². The number of rotatable bonds is 5. The van der Waals surface area contributed by atoms with E-state index < -0.39 is 15.8 Å². The SMILES string of the molecule is CCC(C)CS(=O)(=O)c1cc(C(=O)O)c(C)cc1C. The molecule has 0 bridgehead atoms. The minimum atomic E-state index is -3.44. The third-order valence-corrected chi connectivity index (χ3v) is 5.41. The average molecular weight is 284 g/mol. The number of sulfone groups is 1. The lowest BCUT2D eigenvalue weighted by Crippen LogP contribution is -2.16. The van der Waals surface area contributed by atoms with Gasteiger partial charge in [-0.05, 0) is 37.0 Å². The molecule has 0 saturated heterocycles. The summed E-state index contributed by atoms with van der Waals surface area (Å²) >= 11 is 0. The Kier molecular flexibility index (Phi) is 4.74. The third kappa shape index (κ3) is 3.56. The van der Waals surface area contributed by atoms with Crippen LogP contribution in [0.5, 0.6) is 0 Å². The summed E-state index contributed by atoms with van der Waals surface area (Å²) in [5.74, 6) is -0.997. The molecule has 0 fully saturated rings. The van der Waals surface area contributed by atoms with E-state index in [0.717, 1.165) is 6.42 Å². The molecule has 0 aromatic heterocycles. The molecule has 1 N–H and O–H groups in total. The van der Waals surface area contributed by atoms with Crippen molar-refractivity contribution in [3.05, 3.63) is 28.8 Å². The van der Waals surface area contributed by atoms with Gasteiger partial charge in [-0.25, -0.2) is 13.2 Å². The summed E-state index contributed by atoms with van der Waals surface area (Å²) in [6.45, 7) is 7.17. The quantitative estimate of drug-likeness (QED) is 0.902. The number of carboxylic acid groups (broad SMARTS) is 1. The van der Waals surface area contributed by atoms with Crippen LogP contribution in [0.2, 0.25) is 0 Å². The molecule has 19 heavy (non-hydrogen) atoms. The monoisotopic (exact) mass is 284 g/mol. The first kappa shape index (κ1) is 15.7. The molecule has 1 aromatic carbocycles. The first-order chi connectivity index (χ1) is 8.69. The molecule has 1 aromatic rings. The normalized spacial score (nSPS) is 13.3. The van der Waals surface area contributed by atoms with Crippen molar-refractivity contribution in [1.82, 2.24) is 0 Å². The van der Waals surface area contributed by atoms with Crippen LogP contribution in [0, 0.1) is 19.8 Å². The molecule has 0 heterocycles. The fourth-order valence-electron chi connectivity index (χ4n) is 1.98. The molecule has 1 rings (SSSR count). The second-order valence-electron chi connectivity index (χ2n) is 5.03. The molecule has 0 aliphatic carbocycles. The second kappa shape index (κ2) is 5.74. The van der Waals surface area contributed by atoms with Gasteiger partial charge in [0, 0.05) is 0 Å². The Bertz CT molecular complexity index is 588. The first-order valence-electron chi connectivity index (χ1n) is 6.26. The van der Waals surface area contributed by atoms with Crippen molar-refractivity contribution < 1.29 is 18.3 Å². The van der Waals surface area contributed by atoms with Crippen molar-refractivity contribution >= 4 is 15.8 Å². The number of aryl methyl sites for hydroxylation is 2. The van der Waals surface area contributed by atoms with Gasteiger partial charge in [0.2, 0.25) is 0 Å². The van der Waals surface area contributed by atoms with Crippen LogP contribution in [0.3, 0.4) is 0 Å². The van der Waals surface area contributed by atoms with E-state index in [4.69, 9.17) is 5.11 Å². The number of benzene rings is 1. The van der Waals surface area contributed by atoms with E-state index in [1.54, 1.807) is 19.9 Å². The molecule has 0 saturated carbocycles. The van der Waals surface area contributed by atoms with Crippen molar-refractivity contribution in [3.63, 3.8) is 0 Å². The number of carboxylic acids is 1. The van der Waals surface area contributed by atoms with Crippen molar-refractivity contribution in [2.45, 2.75) is 39.0 Å². The summed E-state index contributed by atoms with van der Waals surface area (Å²) in [6.07, 6.45) is 0.774. The van der Waals surface area contributed by atoms with E-state index in [2.05, 4.69) is 0 Å². The van der Waals surface area contributed by atoms with Crippen LogP contribution >= 0.6 is 0 Å². The third-order valence-electron chi connectivity index (χ3n) is 3.29. The molecular formula is C14H20O4S. The molecule has 0 aliphatic heterocycles. The average Bonchev–Trinajstić information content (AvgIpc) is 2.27. The summed E-state index contributed by atoms with van der Waals surface area (Å²) in [5, 5.41) is 9.08. The van der Waals surface area contributed by atoms with Gasteiger partial charge in [0.1, 0.15) is 0 Å². The lowest BCUT2D eigenvalue weighted by atomic mass is 10.1. The highest BCUT2D eigenvalue weighted by Crippen LogP contribution is 2.23. The maximum Gasteiger partial charge on any atom is 0.335 e. The minimum Gasteiger partial charge on any atom is -0.478 e. The molecule has 1 atom stereocenters. The number of hydrogen-bond acceptors (Lipinski definition) is 3. The fourth-order valence-corrected chi connectivity index (χ4v) is 3.99. The van der Waals surface area contributed by atoms with Crippen molar-refractivity contribution in [2.24, 2.45) is 5.92 Å². The van der Waals surface area contributed by atoms with Crippen molar-refractivity contribution in [3.8, 4) is 0 Å². The summed E-state index contributed by atoms with van der Waals surface area (Å²) in [7, 11) is -3.44. The van der Waals surface area contributed by atoms with Gasteiger partial charge in [0.25, 0.3) is 0 Å². The van der Waals surface area contributed by atoms with Crippen LogP contribution < -0.4 is 0 Å². The smallest absolute Gasteiger partial charge is 0.335 e. The highest BCUT2D eigenvalue weighted by Gasteiger charge is 2.22. The molecule has 0 spiro atoms. The van der Waals surface area contributed by atoms with E-state index in [0.29, 0.717) is 11.1 Å².